The van der Waals surface area contributed by atoms with E-state index in [-0.39, 0.29) is 0 Å². The highest BCUT2D eigenvalue weighted by atomic mass is 16.5. The standard InChI is InChI=1S/C53H32N2O/c1-2-12-33(13-3-1)34-22-24-37(25-23-34)52-54-48-21-11-9-19-42(48)49(55-52)38-28-29-45-43(32-38)41-18-8-10-20-44(41)53(45)46-30-26-35-14-4-6-16-39(35)50(46)56-51-40-17-7-5-15-36(40)27-31-47(51)53/h1-32H. The first-order valence-corrected chi connectivity index (χ1v) is 19.2. The topological polar surface area (TPSA) is 35.0 Å². The van der Waals surface area contributed by atoms with E-state index in [0.717, 1.165) is 71.9 Å². The monoisotopic (exact) mass is 712 g/mol. The van der Waals surface area contributed by atoms with Crippen molar-refractivity contribution in [3.05, 3.63) is 216 Å². The lowest BCUT2D eigenvalue weighted by Gasteiger charge is -2.40. The van der Waals surface area contributed by atoms with Gasteiger partial charge in [0.2, 0.25) is 0 Å². The molecule has 9 aromatic carbocycles. The van der Waals surface area contributed by atoms with E-state index >= 15 is 0 Å². The highest BCUT2D eigenvalue weighted by molar-refractivity contribution is 6.01. The number of ether oxygens (including phenoxy) is 1. The lowest BCUT2D eigenvalue weighted by atomic mass is 9.65. The third-order valence-corrected chi connectivity index (χ3v) is 11.9. The molecule has 2 aliphatic rings. The molecule has 2 heterocycles. The van der Waals surface area contributed by atoms with E-state index < -0.39 is 5.41 Å². The van der Waals surface area contributed by atoms with Gasteiger partial charge in [-0.1, -0.05) is 182 Å². The molecule has 0 saturated carbocycles. The smallest absolute Gasteiger partial charge is 0.160 e. The Morgan fingerprint density at radius 3 is 1.62 bits per heavy atom. The molecule has 0 unspecified atom stereocenters. The fraction of sp³-hybridized carbons (Fsp3) is 0.0189. The van der Waals surface area contributed by atoms with Crippen LogP contribution in [0.15, 0.2) is 194 Å². The van der Waals surface area contributed by atoms with Gasteiger partial charge in [-0.3, -0.25) is 0 Å². The van der Waals surface area contributed by atoms with Crippen molar-refractivity contribution in [2.45, 2.75) is 5.41 Å². The normalized spacial score (nSPS) is 13.3. The van der Waals surface area contributed by atoms with Crippen LogP contribution in [0, 0.1) is 0 Å². The summed E-state index contributed by atoms with van der Waals surface area (Å²) in [6, 6.07) is 69.5. The van der Waals surface area contributed by atoms with Gasteiger partial charge in [-0.25, -0.2) is 9.97 Å². The lowest BCUT2D eigenvalue weighted by molar-refractivity contribution is 0.447. The van der Waals surface area contributed by atoms with Gasteiger partial charge in [0.1, 0.15) is 11.5 Å². The SMILES string of the molecule is c1ccc(-c2ccc(-c3nc(-c4ccc5c(c4)-c4ccccc4C54c5ccc6ccccc6c5Oc5c4ccc4ccccc54)c4ccccc4n3)cc2)cc1. The summed E-state index contributed by atoms with van der Waals surface area (Å²) in [5, 5.41) is 5.57. The van der Waals surface area contributed by atoms with Crippen molar-refractivity contribution in [3.63, 3.8) is 0 Å². The zero-order chi connectivity index (χ0) is 36.8. The summed E-state index contributed by atoms with van der Waals surface area (Å²) in [7, 11) is 0. The summed E-state index contributed by atoms with van der Waals surface area (Å²) in [4.78, 5) is 10.4. The fourth-order valence-corrected chi connectivity index (χ4v) is 9.42. The van der Waals surface area contributed by atoms with Crippen LogP contribution in [-0.4, -0.2) is 9.97 Å². The second-order valence-corrected chi connectivity index (χ2v) is 14.8. The number of aromatic nitrogens is 2. The van der Waals surface area contributed by atoms with Crippen LogP contribution in [0.5, 0.6) is 11.5 Å². The van der Waals surface area contributed by atoms with E-state index in [9.17, 15) is 0 Å². The van der Waals surface area contributed by atoms with E-state index in [1.165, 1.54) is 33.4 Å². The van der Waals surface area contributed by atoms with Crippen molar-refractivity contribution in [1.29, 1.82) is 0 Å². The molecule has 10 aromatic rings. The molecule has 0 atom stereocenters. The third-order valence-electron chi connectivity index (χ3n) is 11.9. The van der Waals surface area contributed by atoms with Crippen molar-refractivity contribution in [2.24, 2.45) is 0 Å². The van der Waals surface area contributed by atoms with E-state index in [1.807, 2.05) is 6.07 Å². The number of para-hydroxylation sites is 1. The highest BCUT2D eigenvalue weighted by Gasteiger charge is 2.51. The van der Waals surface area contributed by atoms with Crippen molar-refractivity contribution in [2.75, 3.05) is 0 Å². The molecule has 0 amide bonds. The first kappa shape index (κ1) is 31.0. The van der Waals surface area contributed by atoms with Crippen LogP contribution in [0.25, 0.3) is 77.3 Å². The first-order chi connectivity index (χ1) is 27.8. The Hall–Kier alpha value is -7.36. The van der Waals surface area contributed by atoms with Crippen molar-refractivity contribution >= 4 is 32.4 Å². The average Bonchev–Trinajstić information content (AvgIpc) is 3.56. The summed E-state index contributed by atoms with van der Waals surface area (Å²) < 4.78 is 7.13. The minimum absolute atomic E-state index is 0.596. The quantitative estimate of drug-likeness (QED) is 0.183. The summed E-state index contributed by atoms with van der Waals surface area (Å²) in [5.74, 6) is 2.55. The minimum Gasteiger partial charge on any atom is -0.455 e. The Kier molecular flexibility index (Phi) is 6.55. The Balaban J connectivity index is 1.10. The van der Waals surface area contributed by atoms with Crippen LogP contribution in [0.3, 0.4) is 0 Å². The molecule has 3 heteroatoms. The van der Waals surface area contributed by atoms with Crippen LogP contribution in [0.4, 0.5) is 0 Å². The molecule has 260 valence electrons. The molecular formula is C53H32N2O. The molecule has 0 radical (unpaired) electrons. The summed E-state index contributed by atoms with van der Waals surface area (Å²) in [5.41, 5.74) is 12.9. The first-order valence-electron chi connectivity index (χ1n) is 19.2. The zero-order valence-electron chi connectivity index (χ0n) is 30.3. The molecule has 0 fully saturated rings. The van der Waals surface area contributed by atoms with Crippen LogP contribution < -0.4 is 4.74 Å². The molecule has 1 spiro atoms. The molecule has 56 heavy (non-hydrogen) atoms. The Morgan fingerprint density at radius 1 is 0.357 bits per heavy atom. The number of rotatable bonds is 3. The summed E-state index contributed by atoms with van der Waals surface area (Å²) in [6.45, 7) is 0. The van der Waals surface area contributed by atoms with Gasteiger partial charge in [0.25, 0.3) is 0 Å². The van der Waals surface area contributed by atoms with Gasteiger partial charge < -0.3 is 4.74 Å². The van der Waals surface area contributed by atoms with Crippen molar-refractivity contribution < 1.29 is 4.74 Å². The van der Waals surface area contributed by atoms with Crippen LogP contribution in [-0.2, 0) is 5.41 Å². The summed E-state index contributed by atoms with van der Waals surface area (Å²) >= 11 is 0. The molecule has 0 N–H and O–H groups in total. The maximum atomic E-state index is 7.13. The number of hydrogen-bond donors (Lipinski definition) is 0. The predicted octanol–water partition coefficient (Wildman–Crippen LogP) is 13.4. The maximum Gasteiger partial charge on any atom is 0.160 e. The number of benzene rings is 9. The van der Waals surface area contributed by atoms with Gasteiger partial charge in [0.05, 0.1) is 16.6 Å². The Morgan fingerprint density at radius 2 is 0.893 bits per heavy atom. The Labute approximate surface area is 324 Å². The van der Waals surface area contributed by atoms with E-state index in [4.69, 9.17) is 14.7 Å². The summed E-state index contributed by atoms with van der Waals surface area (Å²) in [6.07, 6.45) is 0. The van der Waals surface area contributed by atoms with Gasteiger partial charge >= 0.3 is 0 Å². The number of fused-ring (bicyclic) bond motifs is 14. The minimum atomic E-state index is -0.596. The third kappa shape index (κ3) is 4.34. The van der Waals surface area contributed by atoms with E-state index in [1.54, 1.807) is 0 Å². The molecule has 0 bridgehead atoms. The second-order valence-electron chi connectivity index (χ2n) is 14.8. The lowest BCUT2D eigenvalue weighted by Crippen LogP contribution is -2.32. The van der Waals surface area contributed by atoms with Gasteiger partial charge in [-0.05, 0) is 56.3 Å². The highest BCUT2D eigenvalue weighted by Crippen LogP contribution is 2.64. The molecule has 12 rings (SSSR count). The molecule has 1 aromatic heterocycles. The Bertz CT molecular complexity index is 3140. The molecule has 3 nitrogen and oxygen atoms in total. The van der Waals surface area contributed by atoms with Crippen LogP contribution in [0.1, 0.15) is 22.3 Å². The van der Waals surface area contributed by atoms with Crippen LogP contribution in [0.2, 0.25) is 0 Å². The largest absolute Gasteiger partial charge is 0.455 e. The van der Waals surface area contributed by atoms with E-state index in [0.29, 0.717) is 5.82 Å². The molecule has 1 aliphatic heterocycles. The number of nitrogens with zero attached hydrogens (tertiary/aromatic N) is 2. The maximum absolute atomic E-state index is 7.13. The van der Waals surface area contributed by atoms with Gasteiger partial charge in [-0.15, -0.1) is 0 Å². The molecular weight excluding hydrogens is 681 g/mol. The van der Waals surface area contributed by atoms with Gasteiger partial charge in [0.15, 0.2) is 5.82 Å². The zero-order valence-corrected chi connectivity index (χ0v) is 30.3. The van der Waals surface area contributed by atoms with Gasteiger partial charge in [0, 0.05) is 38.4 Å². The van der Waals surface area contributed by atoms with Gasteiger partial charge in [-0.2, -0.15) is 0 Å². The fourth-order valence-electron chi connectivity index (χ4n) is 9.42. The predicted molar refractivity (Wildman–Crippen MR) is 228 cm³/mol. The average molecular weight is 713 g/mol. The van der Waals surface area contributed by atoms with Crippen molar-refractivity contribution in [3.8, 4) is 56.4 Å². The second kappa shape index (κ2) is 11.8. The molecule has 1 aliphatic carbocycles. The van der Waals surface area contributed by atoms with Crippen molar-refractivity contribution in [1.82, 2.24) is 9.97 Å². The van der Waals surface area contributed by atoms with Crippen LogP contribution >= 0.6 is 0 Å². The molecule has 0 saturated heterocycles. The number of hydrogen-bond acceptors (Lipinski definition) is 3. The van der Waals surface area contributed by atoms with E-state index in [2.05, 4.69) is 188 Å².